The number of fused-ring (bicyclic) bond motifs is 1. The quantitative estimate of drug-likeness (QED) is 0.774. The zero-order chi connectivity index (χ0) is 18.0. The molecule has 2 aromatic heterocycles. The number of nitrogens with one attached hydrogen (secondary N) is 1. The van der Waals surface area contributed by atoms with Crippen molar-refractivity contribution in [3.8, 4) is 5.75 Å². The van der Waals surface area contributed by atoms with Gasteiger partial charge in [-0.15, -0.1) is 0 Å². The predicted molar refractivity (Wildman–Crippen MR) is 93.1 cm³/mol. The minimum absolute atomic E-state index is 0.154. The van der Waals surface area contributed by atoms with Crippen LogP contribution >= 0.6 is 0 Å². The average molecular weight is 342 g/mol. The first kappa shape index (κ1) is 16.9. The van der Waals surface area contributed by atoms with Crippen molar-refractivity contribution in [2.75, 3.05) is 12.4 Å². The van der Waals surface area contributed by atoms with Crippen molar-refractivity contribution < 1.29 is 13.9 Å². The van der Waals surface area contributed by atoms with Gasteiger partial charge in [-0.1, -0.05) is 6.07 Å². The van der Waals surface area contributed by atoms with Gasteiger partial charge in [-0.05, 0) is 37.1 Å². The van der Waals surface area contributed by atoms with Gasteiger partial charge in [0.1, 0.15) is 0 Å². The van der Waals surface area contributed by atoms with Gasteiger partial charge in [-0.2, -0.15) is 5.10 Å². The second-order valence-electron chi connectivity index (χ2n) is 5.82. The van der Waals surface area contributed by atoms with Crippen LogP contribution in [0.2, 0.25) is 0 Å². The highest BCUT2D eigenvalue weighted by Gasteiger charge is 2.10. The van der Waals surface area contributed by atoms with Crippen LogP contribution in [0.1, 0.15) is 17.7 Å². The van der Waals surface area contributed by atoms with E-state index in [0.717, 1.165) is 22.3 Å². The molecule has 0 fully saturated rings. The summed E-state index contributed by atoms with van der Waals surface area (Å²) >= 11 is 0. The highest BCUT2D eigenvalue weighted by atomic mass is 19.1. The minimum atomic E-state index is -0.429. The summed E-state index contributed by atoms with van der Waals surface area (Å²) in [4.78, 5) is 16.5. The Labute approximate surface area is 144 Å². The first-order chi connectivity index (χ1) is 12.0. The van der Waals surface area contributed by atoms with Crippen molar-refractivity contribution in [3.05, 3.63) is 47.5 Å². The molecule has 7 heteroatoms. The number of nitrogens with zero attached hydrogens (tertiary/aromatic N) is 3. The number of halogens is 1. The fourth-order valence-corrected chi connectivity index (χ4v) is 2.72. The monoisotopic (exact) mass is 342 g/mol. The van der Waals surface area contributed by atoms with Gasteiger partial charge in [0.05, 0.1) is 24.7 Å². The van der Waals surface area contributed by atoms with Crippen LogP contribution in [0.25, 0.3) is 11.0 Å². The first-order valence-corrected chi connectivity index (χ1v) is 7.89. The van der Waals surface area contributed by atoms with Gasteiger partial charge >= 0.3 is 0 Å². The van der Waals surface area contributed by atoms with Crippen LogP contribution in [0.15, 0.2) is 30.5 Å². The number of benzene rings is 1. The number of amides is 1. The molecule has 0 atom stereocenters. The van der Waals surface area contributed by atoms with E-state index in [9.17, 15) is 9.18 Å². The molecule has 0 spiro atoms. The Balaban J connectivity index is 1.64. The first-order valence-electron chi connectivity index (χ1n) is 7.89. The van der Waals surface area contributed by atoms with E-state index in [0.29, 0.717) is 12.1 Å². The Hall–Kier alpha value is -2.96. The molecule has 0 saturated carbocycles. The van der Waals surface area contributed by atoms with Crippen LogP contribution in [-0.4, -0.2) is 27.8 Å². The number of hydrogen-bond acceptors (Lipinski definition) is 4. The summed E-state index contributed by atoms with van der Waals surface area (Å²) in [6, 6.07) is 6.56. The zero-order valence-corrected chi connectivity index (χ0v) is 14.3. The number of anilines is 1. The van der Waals surface area contributed by atoms with Crippen LogP contribution in [-0.2, 0) is 18.3 Å². The lowest BCUT2D eigenvalue weighted by atomic mass is 10.1. The van der Waals surface area contributed by atoms with Gasteiger partial charge in [0, 0.05) is 18.9 Å². The molecule has 0 aliphatic carbocycles. The molecular weight excluding hydrogens is 323 g/mol. The third kappa shape index (κ3) is 3.60. The number of aryl methyl sites for hydroxylation is 3. The molecule has 2 heterocycles. The molecule has 1 amide bonds. The maximum absolute atomic E-state index is 13.7. The van der Waals surface area contributed by atoms with Crippen molar-refractivity contribution in [1.82, 2.24) is 14.8 Å². The zero-order valence-electron chi connectivity index (χ0n) is 14.3. The molecule has 6 nitrogen and oxygen atoms in total. The Bertz CT molecular complexity index is 936. The number of carbonyl (C=O) groups is 1. The van der Waals surface area contributed by atoms with E-state index in [1.54, 1.807) is 23.0 Å². The van der Waals surface area contributed by atoms with Gasteiger partial charge < -0.3 is 10.1 Å². The summed E-state index contributed by atoms with van der Waals surface area (Å²) < 4.78 is 20.3. The van der Waals surface area contributed by atoms with Crippen LogP contribution in [0.5, 0.6) is 5.75 Å². The van der Waals surface area contributed by atoms with Crippen molar-refractivity contribution in [2.24, 2.45) is 7.05 Å². The molecule has 0 saturated heterocycles. The lowest BCUT2D eigenvalue weighted by Crippen LogP contribution is -2.12. The van der Waals surface area contributed by atoms with Crippen LogP contribution in [0.4, 0.5) is 10.1 Å². The molecule has 3 aromatic rings. The Morgan fingerprint density at radius 1 is 1.36 bits per heavy atom. The molecule has 1 N–H and O–H groups in total. The second-order valence-corrected chi connectivity index (χ2v) is 5.82. The van der Waals surface area contributed by atoms with Gasteiger partial charge in [0.2, 0.25) is 5.91 Å². The molecule has 0 unspecified atom stereocenters. The number of methoxy groups -OCH3 is 1. The highest BCUT2D eigenvalue weighted by Crippen LogP contribution is 2.20. The predicted octanol–water partition coefficient (Wildman–Crippen LogP) is 3.00. The van der Waals surface area contributed by atoms with E-state index in [4.69, 9.17) is 4.74 Å². The van der Waals surface area contributed by atoms with Crippen LogP contribution < -0.4 is 10.1 Å². The van der Waals surface area contributed by atoms with Crippen LogP contribution in [0.3, 0.4) is 0 Å². The second kappa shape index (κ2) is 6.88. The van der Waals surface area contributed by atoms with E-state index < -0.39 is 5.82 Å². The molecule has 130 valence electrons. The largest absolute Gasteiger partial charge is 0.494 e. The number of rotatable bonds is 5. The summed E-state index contributed by atoms with van der Waals surface area (Å²) in [5.41, 5.74) is 2.98. The Kier molecular flexibility index (Phi) is 4.65. The lowest BCUT2D eigenvalue weighted by molar-refractivity contribution is -0.116. The van der Waals surface area contributed by atoms with Gasteiger partial charge in [0.25, 0.3) is 0 Å². The number of ether oxygens (including phenoxy) is 1. The van der Waals surface area contributed by atoms with Crippen molar-refractivity contribution in [1.29, 1.82) is 0 Å². The van der Waals surface area contributed by atoms with E-state index >= 15 is 0 Å². The van der Waals surface area contributed by atoms with Gasteiger partial charge in [-0.3, -0.25) is 9.48 Å². The molecule has 3 rings (SSSR count). The Morgan fingerprint density at radius 2 is 2.16 bits per heavy atom. The molecule has 0 aliphatic heterocycles. The smallest absolute Gasteiger partial charge is 0.224 e. The van der Waals surface area contributed by atoms with E-state index in [1.807, 2.05) is 20.0 Å². The minimum Gasteiger partial charge on any atom is -0.494 e. The summed E-state index contributed by atoms with van der Waals surface area (Å²) in [5, 5.41) is 8.03. The fourth-order valence-electron chi connectivity index (χ4n) is 2.72. The van der Waals surface area contributed by atoms with Crippen LogP contribution in [0, 0.1) is 12.7 Å². The third-order valence-corrected chi connectivity index (χ3v) is 4.00. The maximum atomic E-state index is 13.7. The molecule has 0 radical (unpaired) electrons. The fraction of sp³-hybridized carbons (Fsp3) is 0.278. The summed E-state index contributed by atoms with van der Waals surface area (Å²) in [6.45, 7) is 1.90. The van der Waals surface area contributed by atoms with E-state index in [-0.39, 0.29) is 18.1 Å². The molecule has 0 bridgehead atoms. The van der Waals surface area contributed by atoms with E-state index in [2.05, 4.69) is 15.4 Å². The van der Waals surface area contributed by atoms with Crippen molar-refractivity contribution in [3.63, 3.8) is 0 Å². The normalized spacial score (nSPS) is 10.9. The topological polar surface area (TPSA) is 69.0 Å². The summed E-state index contributed by atoms with van der Waals surface area (Å²) in [6.07, 6.45) is 2.29. The number of carbonyl (C=O) groups excluding carboxylic acids is 1. The molecular formula is C18H19FN4O2. The number of hydrogen-bond donors (Lipinski definition) is 1. The molecule has 0 aliphatic rings. The summed E-state index contributed by atoms with van der Waals surface area (Å²) in [5.74, 6) is -0.388. The number of pyridine rings is 1. The molecule has 1 aromatic carbocycles. The lowest BCUT2D eigenvalue weighted by Gasteiger charge is -2.07. The highest BCUT2D eigenvalue weighted by molar-refractivity contribution is 5.93. The van der Waals surface area contributed by atoms with Crippen molar-refractivity contribution >= 4 is 22.6 Å². The Morgan fingerprint density at radius 3 is 2.88 bits per heavy atom. The maximum Gasteiger partial charge on any atom is 0.224 e. The van der Waals surface area contributed by atoms with Crippen molar-refractivity contribution in [2.45, 2.75) is 19.8 Å². The molecule has 25 heavy (non-hydrogen) atoms. The third-order valence-electron chi connectivity index (χ3n) is 4.00. The van der Waals surface area contributed by atoms with Gasteiger partial charge in [0.15, 0.2) is 17.2 Å². The standard InChI is InChI=1S/C18H19FN4O2/c1-11-14-9-13(10-20-18(14)23(2)22-11)21-17(24)7-5-12-4-6-16(25-3)15(19)8-12/h4,6,8-10H,5,7H2,1-3H3,(H,21,24). The summed E-state index contributed by atoms with van der Waals surface area (Å²) in [7, 11) is 3.24. The average Bonchev–Trinajstić information content (AvgIpc) is 2.87. The van der Waals surface area contributed by atoms with Gasteiger partial charge in [-0.25, -0.2) is 9.37 Å². The SMILES string of the molecule is COc1ccc(CCC(=O)Nc2cnc3c(c2)c(C)nn3C)cc1F. The number of aromatic nitrogens is 3. The van der Waals surface area contributed by atoms with E-state index in [1.165, 1.54) is 13.2 Å².